The van der Waals surface area contributed by atoms with E-state index in [-0.39, 0.29) is 17.9 Å². The number of aromatic amines is 1. The first-order chi connectivity index (χ1) is 14.1. The average Bonchev–Trinajstić information content (AvgIpc) is 3.47. The van der Waals surface area contributed by atoms with Gasteiger partial charge in [-0.25, -0.2) is 0 Å². The van der Waals surface area contributed by atoms with Crippen LogP contribution >= 0.6 is 23.1 Å². The third-order valence-electron chi connectivity index (χ3n) is 4.82. The summed E-state index contributed by atoms with van der Waals surface area (Å²) in [5.41, 5.74) is 2.31. The van der Waals surface area contributed by atoms with Gasteiger partial charge in [-0.15, -0.1) is 21.5 Å². The second-order valence-corrected chi connectivity index (χ2v) is 8.99. The van der Waals surface area contributed by atoms with Gasteiger partial charge >= 0.3 is 0 Å². The highest BCUT2D eigenvalue weighted by Gasteiger charge is 2.20. The zero-order chi connectivity index (χ0) is 20.2. The Labute approximate surface area is 177 Å². The van der Waals surface area contributed by atoms with E-state index in [1.807, 2.05) is 16.7 Å². The Bertz CT molecular complexity index is 1080. The molecule has 150 valence electrons. The van der Waals surface area contributed by atoms with Crippen molar-refractivity contribution in [2.75, 3.05) is 12.3 Å². The summed E-state index contributed by atoms with van der Waals surface area (Å²) in [4.78, 5) is 17.1. The number of para-hydroxylation sites is 1. The molecule has 0 saturated heterocycles. The van der Waals surface area contributed by atoms with Crippen LogP contribution in [0.2, 0.25) is 0 Å². The summed E-state index contributed by atoms with van der Waals surface area (Å²) in [5.74, 6) is 0.422. The van der Waals surface area contributed by atoms with Crippen molar-refractivity contribution in [1.29, 1.82) is 0 Å². The molecule has 0 saturated carbocycles. The fraction of sp³-hybridized carbons (Fsp3) is 0.286. The number of thioether (sulfide) groups is 1. The average molecular weight is 426 g/mol. The molecule has 4 rings (SSSR count). The number of carbonyl (C=O) groups excluding carboxylic acids is 1. The molecule has 0 aliphatic rings. The van der Waals surface area contributed by atoms with Crippen molar-refractivity contribution in [3.05, 3.63) is 64.7 Å². The molecule has 0 radical (unpaired) electrons. The number of rotatable bonds is 8. The first-order valence-corrected chi connectivity index (χ1v) is 11.4. The summed E-state index contributed by atoms with van der Waals surface area (Å²) in [7, 11) is 0. The molecule has 2 N–H and O–H groups in total. The third kappa shape index (κ3) is 4.38. The van der Waals surface area contributed by atoms with Gasteiger partial charge in [-0.1, -0.05) is 36.0 Å². The number of H-pyrrole nitrogens is 1. The van der Waals surface area contributed by atoms with E-state index < -0.39 is 0 Å². The van der Waals surface area contributed by atoms with Crippen molar-refractivity contribution in [3.8, 4) is 0 Å². The maximum Gasteiger partial charge on any atom is 0.230 e. The Kier molecular flexibility index (Phi) is 6.01. The van der Waals surface area contributed by atoms with Crippen LogP contribution in [-0.2, 0) is 4.79 Å². The van der Waals surface area contributed by atoms with E-state index in [2.05, 4.69) is 70.2 Å². The summed E-state index contributed by atoms with van der Waals surface area (Å²) in [5, 5.41) is 15.2. The largest absolute Gasteiger partial charge is 0.361 e. The Morgan fingerprint density at radius 3 is 2.93 bits per heavy atom. The summed E-state index contributed by atoms with van der Waals surface area (Å²) in [6, 6.07) is 12.7. The van der Waals surface area contributed by atoms with Crippen LogP contribution in [0.25, 0.3) is 10.9 Å². The molecule has 0 spiro atoms. The highest BCUT2D eigenvalue weighted by Crippen LogP contribution is 2.32. The lowest BCUT2D eigenvalue weighted by molar-refractivity contribution is -0.118. The number of fused-ring (bicyclic) bond motifs is 1. The van der Waals surface area contributed by atoms with E-state index in [4.69, 9.17) is 0 Å². The number of hydrogen-bond donors (Lipinski definition) is 2. The van der Waals surface area contributed by atoms with Crippen LogP contribution in [-0.4, -0.2) is 38.0 Å². The first kappa shape index (κ1) is 19.7. The molecule has 29 heavy (non-hydrogen) atoms. The molecular formula is C21H23N5OS2. The fourth-order valence-corrected chi connectivity index (χ4v) is 5.04. The van der Waals surface area contributed by atoms with Crippen LogP contribution in [0.4, 0.5) is 0 Å². The number of nitrogens with one attached hydrogen (secondary N) is 2. The van der Waals surface area contributed by atoms with Crippen molar-refractivity contribution < 1.29 is 4.79 Å². The van der Waals surface area contributed by atoms with Crippen LogP contribution in [0.1, 0.15) is 36.2 Å². The van der Waals surface area contributed by atoms with E-state index in [0.29, 0.717) is 12.3 Å². The van der Waals surface area contributed by atoms with Gasteiger partial charge < -0.3 is 14.9 Å². The third-order valence-corrected chi connectivity index (χ3v) is 6.76. The van der Waals surface area contributed by atoms with Crippen molar-refractivity contribution in [2.45, 2.75) is 31.0 Å². The zero-order valence-corrected chi connectivity index (χ0v) is 18.0. The van der Waals surface area contributed by atoms with Gasteiger partial charge in [0.05, 0.1) is 5.75 Å². The molecule has 0 aliphatic heterocycles. The monoisotopic (exact) mass is 425 g/mol. The van der Waals surface area contributed by atoms with Crippen molar-refractivity contribution in [3.63, 3.8) is 0 Å². The van der Waals surface area contributed by atoms with Gasteiger partial charge in [0.1, 0.15) is 6.33 Å². The van der Waals surface area contributed by atoms with Crippen LogP contribution < -0.4 is 5.32 Å². The van der Waals surface area contributed by atoms with Gasteiger partial charge in [0.25, 0.3) is 0 Å². The number of thiophene rings is 1. The van der Waals surface area contributed by atoms with Crippen LogP contribution in [0, 0.1) is 0 Å². The van der Waals surface area contributed by atoms with Crippen molar-refractivity contribution in [1.82, 2.24) is 25.1 Å². The standard InChI is InChI=1S/C21H23N5OS2/c1-14(2)26-13-24-25-21(26)29-12-20(27)23-11-17(19-8-5-9-28-19)16-10-22-18-7-4-3-6-15(16)18/h3-10,13-14,17,22H,11-12H2,1-2H3,(H,23,27)/t17-/m1/s1. The quantitative estimate of drug-likeness (QED) is 0.409. The molecule has 0 unspecified atom stereocenters. The highest BCUT2D eigenvalue weighted by molar-refractivity contribution is 7.99. The number of aromatic nitrogens is 4. The minimum atomic E-state index is -0.00490. The van der Waals surface area contributed by atoms with Gasteiger partial charge in [0, 0.05) is 40.5 Å². The normalized spacial score (nSPS) is 12.5. The van der Waals surface area contributed by atoms with Gasteiger partial charge in [0.2, 0.25) is 5.91 Å². The van der Waals surface area contributed by atoms with E-state index in [9.17, 15) is 4.79 Å². The van der Waals surface area contributed by atoms with Crippen LogP contribution in [0.3, 0.4) is 0 Å². The molecule has 1 amide bonds. The van der Waals surface area contributed by atoms with Gasteiger partial charge in [-0.3, -0.25) is 4.79 Å². The minimum Gasteiger partial charge on any atom is -0.361 e. The molecule has 3 heterocycles. The second kappa shape index (κ2) is 8.84. The van der Waals surface area contributed by atoms with Crippen molar-refractivity contribution >= 4 is 39.9 Å². The number of benzene rings is 1. The highest BCUT2D eigenvalue weighted by atomic mass is 32.2. The summed E-state index contributed by atoms with van der Waals surface area (Å²) in [6.45, 7) is 4.69. The van der Waals surface area contributed by atoms with Crippen molar-refractivity contribution in [2.24, 2.45) is 0 Å². The van der Waals surface area contributed by atoms with Crippen LogP contribution in [0.15, 0.2) is 59.5 Å². The molecule has 0 fully saturated rings. The smallest absolute Gasteiger partial charge is 0.230 e. The van der Waals surface area contributed by atoms with E-state index in [1.54, 1.807) is 17.7 Å². The molecule has 6 nitrogen and oxygen atoms in total. The molecule has 1 aromatic carbocycles. The van der Waals surface area contributed by atoms with E-state index >= 15 is 0 Å². The Hall–Kier alpha value is -2.58. The Balaban J connectivity index is 1.45. The lowest BCUT2D eigenvalue weighted by atomic mass is 9.96. The SMILES string of the molecule is CC(C)n1cnnc1SCC(=O)NC[C@@H](c1cccs1)c1c[nH]c2ccccc12. The van der Waals surface area contributed by atoms with Gasteiger partial charge in [-0.2, -0.15) is 0 Å². The lowest BCUT2D eigenvalue weighted by Gasteiger charge is -2.16. The van der Waals surface area contributed by atoms with E-state index in [1.165, 1.54) is 27.6 Å². The summed E-state index contributed by atoms with van der Waals surface area (Å²) >= 11 is 3.13. The molecule has 4 aromatic rings. The fourth-order valence-electron chi connectivity index (χ4n) is 3.32. The first-order valence-electron chi connectivity index (χ1n) is 9.52. The Morgan fingerprint density at radius 1 is 1.28 bits per heavy atom. The lowest BCUT2D eigenvalue weighted by Crippen LogP contribution is -2.30. The molecule has 3 aromatic heterocycles. The zero-order valence-electron chi connectivity index (χ0n) is 16.3. The molecule has 1 atom stereocenters. The molecule has 8 heteroatoms. The maximum atomic E-state index is 12.5. The minimum absolute atomic E-state index is 0.00490. The molecule has 0 aliphatic carbocycles. The molecular weight excluding hydrogens is 402 g/mol. The van der Waals surface area contributed by atoms with Gasteiger partial charge in [0.15, 0.2) is 5.16 Å². The molecule has 0 bridgehead atoms. The topological polar surface area (TPSA) is 75.6 Å². The van der Waals surface area contributed by atoms with Gasteiger partial charge in [-0.05, 0) is 36.9 Å². The number of nitrogens with zero attached hydrogens (tertiary/aromatic N) is 3. The number of hydrogen-bond acceptors (Lipinski definition) is 5. The summed E-state index contributed by atoms with van der Waals surface area (Å²) in [6.07, 6.45) is 3.76. The maximum absolute atomic E-state index is 12.5. The second-order valence-electron chi connectivity index (χ2n) is 7.06. The predicted octanol–water partition coefficient (Wildman–Crippen LogP) is 4.44. The summed E-state index contributed by atoms with van der Waals surface area (Å²) < 4.78 is 1.97. The number of amides is 1. The van der Waals surface area contributed by atoms with E-state index in [0.717, 1.165) is 10.7 Å². The predicted molar refractivity (Wildman–Crippen MR) is 119 cm³/mol. The Morgan fingerprint density at radius 2 is 2.14 bits per heavy atom. The van der Waals surface area contributed by atoms with Crippen LogP contribution in [0.5, 0.6) is 0 Å². The number of carbonyl (C=O) groups is 1.